The van der Waals surface area contributed by atoms with Crippen LogP contribution in [0, 0.1) is 5.41 Å². The average molecular weight is 452 g/mol. The molecule has 0 aliphatic heterocycles. The van der Waals surface area contributed by atoms with E-state index in [4.69, 9.17) is 5.73 Å². The summed E-state index contributed by atoms with van der Waals surface area (Å²) < 4.78 is 0. The molecule has 2 aromatic heterocycles. The lowest BCUT2D eigenvalue weighted by Crippen LogP contribution is -2.44. The number of nitrogens with two attached hydrogens (primary N) is 1. The van der Waals surface area contributed by atoms with Gasteiger partial charge in [-0.2, -0.15) is 10.3 Å². The maximum Gasteiger partial charge on any atom is 0.203 e. The lowest BCUT2D eigenvalue weighted by molar-refractivity contribution is 0.0304. The Labute approximate surface area is 201 Å². The van der Waals surface area contributed by atoms with Gasteiger partial charge in [-0.1, -0.05) is 67.1 Å². The summed E-state index contributed by atoms with van der Waals surface area (Å²) in [5.41, 5.74) is 12.6. The fourth-order valence-corrected chi connectivity index (χ4v) is 6.88. The first kappa shape index (κ1) is 21.3. The summed E-state index contributed by atoms with van der Waals surface area (Å²) in [6, 6.07) is 24.0. The molecule has 5 nitrogen and oxygen atoms in total. The number of H-pyrrole nitrogens is 1. The topological polar surface area (TPSA) is 80.5 Å². The fourth-order valence-electron chi connectivity index (χ4n) is 6.88. The van der Waals surface area contributed by atoms with Crippen LogP contribution in [0.1, 0.15) is 80.4 Å². The molecule has 2 heterocycles. The van der Waals surface area contributed by atoms with Crippen LogP contribution in [0.3, 0.4) is 0 Å². The van der Waals surface area contributed by atoms with Crippen molar-refractivity contribution >= 4 is 17.0 Å². The first-order chi connectivity index (χ1) is 16.7. The van der Waals surface area contributed by atoms with Gasteiger partial charge in [0, 0.05) is 5.92 Å². The van der Waals surface area contributed by atoms with Crippen LogP contribution in [-0.2, 0) is 5.41 Å². The first-order valence-corrected chi connectivity index (χ1v) is 12.7. The van der Waals surface area contributed by atoms with Crippen molar-refractivity contribution in [2.75, 3.05) is 5.73 Å². The van der Waals surface area contributed by atoms with E-state index in [1.807, 2.05) is 6.07 Å². The minimum atomic E-state index is 0.242. The Morgan fingerprint density at radius 1 is 0.853 bits per heavy atom. The molecule has 1 atom stereocenters. The van der Waals surface area contributed by atoms with Crippen molar-refractivity contribution in [3.05, 3.63) is 83.4 Å². The van der Waals surface area contributed by atoms with Crippen LogP contribution in [-0.4, -0.2) is 20.4 Å². The minimum absolute atomic E-state index is 0.242. The van der Waals surface area contributed by atoms with Crippen LogP contribution in [0.5, 0.6) is 0 Å². The maximum atomic E-state index is 6.16. The van der Waals surface area contributed by atoms with E-state index < -0.39 is 0 Å². The molecule has 4 aromatic rings. The lowest BCUT2D eigenvalue weighted by Gasteiger charge is -2.54. The van der Waals surface area contributed by atoms with Gasteiger partial charge in [-0.05, 0) is 85.0 Å². The summed E-state index contributed by atoms with van der Waals surface area (Å²) in [6.07, 6.45) is 11.7. The lowest BCUT2D eigenvalue weighted by atomic mass is 9.51. The summed E-state index contributed by atoms with van der Waals surface area (Å²) >= 11 is 0. The van der Waals surface area contributed by atoms with Gasteiger partial charge in [0.25, 0.3) is 0 Å². The molecule has 0 saturated heterocycles. The Morgan fingerprint density at radius 2 is 1.53 bits per heavy atom. The van der Waals surface area contributed by atoms with E-state index in [1.54, 1.807) is 5.56 Å². The van der Waals surface area contributed by atoms with Gasteiger partial charge in [0.05, 0.1) is 0 Å². The molecule has 3 aliphatic rings. The smallest absolute Gasteiger partial charge is 0.203 e. The van der Waals surface area contributed by atoms with E-state index in [2.05, 4.69) is 81.1 Å². The number of nitrogens with zero attached hydrogens (tertiary/aromatic N) is 3. The average Bonchev–Trinajstić information content (AvgIpc) is 3.37. The van der Waals surface area contributed by atoms with Gasteiger partial charge in [-0.25, -0.2) is 4.98 Å². The Balaban J connectivity index is 1.20. The zero-order chi connectivity index (χ0) is 23.0. The molecular weight excluding hydrogens is 418 g/mol. The van der Waals surface area contributed by atoms with Crippen molar-refractivity contribution in [2.45, 2.75) is 69.1 Å². The number of pyridine rings is 1. The molecule has 3 aliphatic carbocycles. The van der Waals surface area contributed by atoms with Gasteiger partial charge in [-0.3, -0.25) is 0 Å². The molecule has 7 rings (SSSR count). The van der Waals surface area contributed by atoms with Crippen LogP contribution in [0.25, 0.3) is 11.2 Å². The Morgan fingerprint density at radius 3 is 2.24 bits per heavy atom. The fraction of sp³-hybridized carbons (Fsp3) is 0.414. The normalized spacial score (nSPS) is 24.9. The molecule has 0 unspecified atom stereocenters. The van der Waals surface area contributed by atoms with E-state index in [1.165, 1.54) is 56.9 Å². The highest BCUT2D eigenvalue weighted by atomic mass is 15.3. The highest BCUT2D eigenvalue weighted by Crippen LogP contribution is 2.59. The van der Waals surface area contributed by atoms with Gasteiger partial charge in [-0.15, -0.1) is 5.10 Å². The molecular formula is C29H33N5. The van der Waals surface area contributed by atoms with Crippen molar-refractivity contribution in [2.24, 2.45) is 5.41 Å². The summed E-state index contributed by atoms with van der Waals surface area (Å²) in [5.74, 6) is 0.749. The minimum Gasteiger partial charge on any atom is -0.384 e. The van der Waals surface area contributed by atoms with Crippen LogP contribution in [0.2, 0.25) is 0 Å². The zero-order valence-electron chi connectivity index (χ0n) is 19.7. The van der Waals surface area contributed by atoms with Gasteiger partial charge >= 0.3 is 0 Å². The number of aromatic nitrogens is 4. The van der Waals surface area contributed by atoms with Crippen LogP contribution >= 0.6 is 0 Å². The van der Waals surface area contributed by atoms with Crippen molar-refractivity contribution in [3.63, 3.8) is 0 Å². The van der Waals surface area contributed by atoms with Crippen LogP contribution < -0.4 is 5.73 Å². The summed E-state index contributed by atoms with van der Waals surface area (Å²) in [6.45, 7) is 0. The van der Waals surface area contributed by atoms with E-state index in [-0.39, 0.29) is 5.92 Å². The number of fused-ring (bicyclic) bond motifs is 4. The highest BCUT2D eigenvalue weighted by molar-refractivity contribution is 5.77. The van der Waals surface area contributed by atoms with E-state index >= 15 is 0 Å². The quantitative estimate of drug-likeness (QED) is 0.335. The largest absolute Gasteiger partial charge is 0.384 e. The Kier molecular flexibility index (Phi) is 5.35. The van der Waals surface area contributed by atoms with Crippen molar-refractivity contribution in [1.82, 2.24) is 20.4 Å². The number of nitrogens with one attached hydrogen (secondary N) is 1. The molecule has 2 aromatic carbocycles. The third-order valence-electron chi connectivity index (χ3n) is 8.91. The van der Waals surface area contributed by atoms with Crippen LogP contribution in [0.4, 0.5) is 5.82 Å². The number of nitrogen functional groups attached to an aromatic ring is 1. The molecule has 5 heteroatoms. The summed E-state index contributed by atoms with van der Waals surface area (Å²) in [5, 5.41) is 11.4. The number of anilines is 1. The summed E-state index contributed by atoms with van der Waals surface area (Å²) in [4.78, 5) is 4.36. The monoisotopic (exact) mass is 451 g/mol. The molecule has 174 valence electrons. The van der Waals surface area contributed by atoms with Gasteiger partial charge < -0.3 is 5.73 Å². The van der Waals surface area contributed by atoms with E-state index in [9.17, 15) is 0 Å². The number of benzene rings is 2. The van der Waals surface area contributed by atoms with Gasteiger partial charge in [0.1, 0.15) is 11.3 Å². The number of rotatable bonds is 7. The first-order valence-electron chi connectivity index (χ1n) is 12.7. The predicted octanol–water partition coefficient (Wildman–Crippen LogP) is 6.53. The van der Waals surface area contributed by atoms with Crippen LogP contribution in [0.15, 0.2) is 66.7 Å². The molecule has 0 spiro atoms. The van der Waals surface area contributed by atoms with Crippen molar-refractivity contribution in [3.8, 4) is 0 Å². The Hall–Kier alpha value is -3.21. The van der Waals surface area contributed by atoms with Crippen molar-refractivity contribution < 1.29 is 0 Å². The van der Waals surface area contributed by atoms with Crippen molar-refractivity contribution in [1.29, 1.82) is 0 Å². The van der Waals surface area contributed by atoms with E-state index in [0.717, 1.165) is 17.5 Å². The second-order valence-electron chi connectivity index (χ2n) is 10.6. The number of hydrogen-bond donors (Lipinski definition) is 2. The Bertz CT molecular complexity index is 1240. The predicted molar refractivity (Wildman–Crippen MR) is 136 cm³/mol. The molecule has 3 N–H and O–H groups in total. The standard InChI is InChI=1S/C29H33N5/c30-25-20-24(26-27(31-25)33-34-32-26)23(21-8-3-1-4-9-21)12-7-13-28-14-17-29(18-15-28,19-16-28)22-10-5-2-6-11-22/h1-6,8-11,20,23H,7,12-19H2,(H3,30,31,32,33,34)/t23-,28?,29?/m0/s1. The van der Waals surface area contributed by atoms with E-state index in [0.29, 0.717) is 22.3 Å². The number of hydrogen-bond acceptors (Lipinski definition) is 4. The zero-order valence-corrected chi connectivity index (χ0v) is 19.7. The third-order valence-corrected chi connectivity index (χ3v) is 8.91. The molecule has 2 bridgehead atoms. The number of aromatic amines is 1. The third kappa shape index (κ3) is 3.77. The second kappa shape index (κ2) is 8.53. The molecule has 3 fully saturated rings. The molecule has 0 radical (unpaired) electrons. The second-order valence-corrected chi connectivity index (χ2v) is 10.6. The highest BCUT2D eigenvalue weighted by Gasteiger charge is 2.48. The summed E-state index contributed by atoms with van der Waals surface area (Å²) in [7, 11) is 0. The molecule has 0 amide bonds. The maximum absolute atomic E-state index is 6.16. The molecule has 34 heavy (non-hydrogen) atoms. The van der Waals surface area contributed by atoms with Gasteiger partial charge in [0.15, 0.2) is 0 Å². The van der Waals surface area contributed by atoms with Gasteiger partial charge in [0.2, 0.25) is 5.65 Å². The SMILES string of the molecule is Nc1cc([C@@H](CCCC23CCC(c4ccccc4)(CC2)CC3)c2ccccc2)c2n[nH]nc2n1. The molecule has 3 saturated carbocycles.